The van der Waals surface area contributed by atoms with Crippen molar-refractivity contribution in [2.75, 3.05) is 12.4 Å². The maximum atomic E-state index is 13.0. The number of anilines is 1. The molecule has 0 spiro atoms. The highest BCUT2D eigenvalue weighted by Crippen LogP contribution is 2.59. The number of allylic oxidation sites excluding steroid dienone is 2. The summed E-state index contributed by atoms with van der Waals surface area (Å²) >= 11 is 0. The number of aromatic nitrogens is 4. The Hall–Kier alpha value is -2.11. The molecule has 2 fully saturated rings. The predicted octanol–water partition coefficient (Wildman–Crippen LogP) is 3.21. The minimum absolute atomic E-state index is 0.0324. The van der Waals surface area contributed by atoms with E-state index in [1.807, 2.05) is 0 Å². The zero-order valence-corrected chi connectivity index (χ0v) is 15.8. The first-order valence-electron chi connectivity index (χ1n) is 9.93. The highest BCUT2D eigenvalue weighted by Gasteiger charge is 2.49. The Labute approximate surface area is 153 Å². The van der Waals surface area contributed by atoms with Crippen molar-refractivity contribution in [3.8, 4) is 0 Å². The molecule has 6 nitrogen and oxygen atoms in total. The van der Waals surface area contributed by atoms with E-state index in [0.717, 1.165) is 36.4 Å². The minimum atomic E-state index is -0.122. The predicted molar refractivity (Wildman–Crippen MR) is 102 cm³/mol. The summed E-state index contributed by atoms with van der Waals surface area (Å²) in [6.07, 6.45) is 8.43. The fourth-order valence-electron chi connectivity index (χ4n) is 5.66. The second-order valence-electron chi connectivity index (χ2n) is 8.68. The van der Waals surface area contributed by atoms with Gasteiger partial charge in [-0.15, -0.1) is 0 Å². The average molecular weight is 353 g/mol. The summed E-state index contributed by atoms with van der Waals surface area (Å²) in [5.41, 5.74) is 2.53. The fraction of sp³-hybridized carbons (Fsp3) is 0.650. The molecule has 2 N–H and O–H groups in total. The van der Waals surface area contributed by atoms with Crippen LogP contribution in [0.4, 0.5) is 5.95 Å². The van der Waals surface area contributed by atoms with E-state index in [1.165, 1.54) is 19.3 Å². The number of H-pyrrole nitrogens is 1. The number of imidazole rings is 1. The summed E-state index contributed by atoms with van der Waals surface area (Å²) in [6, 6.07) is 0. The van der Waals surface area contributed by atoms with Crippen molar-refractivity contribution >= 4 is 17.1 Å². The van der Waals surface area contributed by atoms with E-state index < -0.39 is 0 Å². The zero-order valence-electron chi connectivity index (χ0n) is 15.8. The second-order valence-corrected chi connectivity index (χ2v) is 8.68. The minimum Gasteiger partial charge on any atom is -0.359 e. The Bertz CT molecular complexity index is 970. The molecule has 4 atom stereocenters. The molecule has 4 unspecified atom stereocenters. The van der Waals surface area contributed by atoms with Gasteiger partial charge in [-0.3, -0.25) is 9.36 Å². The lowest BCUT2D eigenvalue weighted by molar-refractivity contribution is 0.306. The number of hydrogen-bond acceptors (Lipinski definition) is 4. The van der Waals surface area contributed by atoms with Crippen LogP contribution in [0.15, 0.2) is 16.4 Å². The Morgan fingerprint density at radius 1 is 1.38 bits per heavy atom. The van der Waals surface area contributed by atoms with Crippen LogP contribution in [0.3, 0.4) is 0 Å². The summed E-state index contributed by atoms with van der Waals surface area (Å²) in [5, 5.41) is 3.04. The van der Waals surface area contributed by atoms with E-state index in [0.29, 0.717) is 23.7 Å². The number of nitrogens with zero attached hydrogens (tertiary/aromatic N) is 3. The van der Waals surface area contributed by atoms with Crippen LogP contribution in [-0.4, -0.2) is 26.6 Å². The van der Waals surface area contributed by atoms with Gasteiger partial charge in [-0.25, -0.2) is 4.98 Å². The summed E-state index contributed by atoms with van der Waals surface area (Å²) in [6.45, 7) is 4.99. The van der Waals surface area contributed by atoms with Crippen molar-refractivity contribution < 1.29 is 0 Å². The van der Waals surface area contributed by atoms with Crippen LogP contribution in [0.25, 0.3) is 11.2 Å². The van der Waals surface area contributed by atoms with Gasteiger partial charge in [0.15, 0.2) is 11.2 Å². The van der Waals surface area contributed by atoms with E-state index in [-0.39, 0.29) is 11.0 Å². The Morgan fingerprint density at radius 3 is 3.00 bits per heavy atom. The molecular formula is C20H27N5O. The van der Waals surface area contributed by atoms with Gasteiger partial charge in [0.1, 0.15) is 5.82 Å². The quantitative estimate of drug-likeness (QED) is 0.828. The maximum absolute atomic E-state index is 13.0. The molecule has 0 amide bonds. The maximum Gasteiger partial charge on any atom is 0.280 e. The first-order chi connectivity index (χ1) is 12.5. The summed E-state index contributed by atoms with van der Waals surface area (Å²) in [7, 11) is 1.80. The average Bonchev–Trinajstić information content (AvgIpc) is 3.13. The molecule has 0 radical (unpaired) electrons. The Kier molecular flexibility index (Phi) is 3.37. The number of fused-ring (bicyclic) bond motifs is 2. The normalized spacial score (nSPS) is 32.3. The third kappa shape index (κ3) is 2.14. The number of aromatic amines is 1. The van der Waals surface area contributed by atoms with Gasteiger partial charge in [0, 0.05) is 19.0 Å². The Balaban J connectivity index is 1.64. The van der Waals surface area contributed by atoms with Gasteiger partial charge in [-0.05, 0) is 56.8 Å². The van der Waals surface area contributed by atoms with Crippen molar-refractivity contribution in [1.29, 1.82) is 0 Å². The van der Waals surface area contributed by atoms with Gasteiger partial charge >= 0.3 is 0 Å². The van der Waals surface area contributed by atoms with Crippen LogP contribution < -0.4 is 10.9 Å². The fourth-order valence-corrected chi connectivity index (χ4v) is 5.66. The number of rotatable bonds is 4. The topological polar surface area (TPSA) is 75.6 Å². The summed E-state index contributed by atoms with van der Waals surface area (Å²) in [5.74, 6) is 4.02. The highest BCUT2D eigenvalue weighted by molar-refractivity contribution is 5.71. The van der Waals surface area contributed by atoms with Crippen molar-refractivity contribution in [2.24, 2.45) is 17.8 Å². The van der Waals surface area contributed by atoms with E-state index in [2.05, 4.69) is 35.2 Å². The van der Waals surface area contributed by atoms with Crippen LogP contribution in [-0.2, 0) is 12.0 Å². The first-order valence-corrected chi connectivity index (χ1v) is 9.93. The van der Waals surface area contributed by atoms with Crippen LogP contribution >= 0.6 is 0 Å². The number of hydrogen-bond donors (Lipinski definition) is 2. The monoisotopic (exact) mass is 353 g/mol. The van der Waals surface area contributed by atoms with Gasteiger partial charge in [0.05, 0.1) is 0 Å². The van der Waals surface area contributed by atoms with Crippen LogP contribution in [0, 0.1) is 17.8 Å². The largest absolute Gasteiger partial charge is 0.359 e. The van der Waals surface area contributed by atoms with E-state index in [9.17, 15) is 4.79 Å². The molecule has 2 heterocycles. The molecule has 0 saturated heterocycles. The molecule has 2 saturated carbocycles. The van der Waals surface area contributed by atoms with Crippen molar-refractivity contribution in [3.63, 3.8) is 0 Å². The standard InChI is InChI=1S/C20H27N5O/c1-4-5-25-17(26)15-16(24-19(25)21-3)23-18(22-15)20(2)9-11-6-12-8-13(10-20)14(12)7-11/h10-12,14H,4-9H2,1-3H3,(H,21,24)(H,22,23). The number of nitrogens with one attached hydrogen (secondary N) is 2. The van der Waals surface area contributed by atoms with Gasteiger partial charge in [0.25, 0.3) is 5.56 Å². The molecular weight excluding hydrogens is 326 g/mol. The van der Waals surface area contributed by atoms with Gasteiger partial charge in [-0.1, -0.05) is 18.6 Å². The zero-order chi connectivity index (χ0) is 18.1. The van der Waals surface area contributed by atoms with Gasteiger partial charge in [-0.2, -0.15) is 4.98 Å². The molecule has 5 rings (SSSR count). The lowest BCUT2D eigenvalue weighted by Crippen LogP contribution is -2.30. The van der Waals surface area contributed by atoms with E-state index >= 15 is 0 Å². The van der Waals surface area contributed by atoms with Crippen LogP contribution in [0.5, 0.6) is 0 Å². The van der Waals surface area contributed by atoms with Crippen LogP contribution in [0.2, 0.25) is 0 Å². The molecule has 138 valence electrons. The van der Waals surface area contributed by atoms with Crippen molar-refractivity contribution in [3.05, 3.63) is 27.8 Å². The Morgan fingerprint density at radius 2 is 2.23 bits per heavy atom. The summed E-state index contributed by atoms with van der Waals surface area (Å²) in [4.78, 5) is 25.7. The molecule has 0 aromatic carbocycles. The lowest BCUT2D eigenvalue weighted by atomic mass is 9.67. The second kappa shape index (κ2) is 5.44. The highest BCUT2D eigenvalue weighted by atomic mass is 16.1. The molecule has 0 aliphatic heterocycles. The van der Waals surface area contributed by atoms with Crippen molar-refractivity contribution in [1.82, 2.24) is 19.5 Å². The SMILES string of the molecule is CCCn1c(NC)nc2nc(C3(C)C=C4CC5CC(CC45)C3)[nH]c2c1=O. The van der Waals surface area contributed by atoms with Crippen LogP contribution in [0.1, 0.15) is 51.8 Å². The van der Waals surface area contributed by atoms with Crippen molar-refractivity contribution in [2.45, 2.75) is 57.9 Å². The van der Waals surface area contributed by atoms with E-state index in [1.54, 1.807) is 17.2 Å². The molecule has 2 aromatic heterocycles. The summed E-state index contributed by atoms with van der Waals surface area (Å²) < 4.78 is 1.71. The molecule has 26 heavy (non-hydrogen) atoms. The lowest BCUT2D eigenvalue weighted by Gasteiger charge is -2.38. The van der Waals surface area contributed by atoms with Gasteiger partial charge < -0.3 is 10.3 Å². The third-order valence-electron chi connectivity index (χ3n) is 6.81. The van der Waals surface area contributed by atoms with Gasteiger partial charge in [0.2, 0.25) is 5.95 Å². The third-order valence-corrected chi connectivity index (χ3v) is 6.81. The molecule has 2 aromatic rings. The smallest absolute Gasteiger partial charge is 0.280 e. The van der Waals surface area contributed by atoms with E-state index in [4.69, 9.17) is 4.98 Å². The molecule has 3 aliphatic carbocycles. The molecule has 6 heteroatoms. The molecule has 2 bridgehead atoms. The first kappa shape index (κ1) is 16.1. The molecule has 3 aliphatic rings.